The lowest BCUT2D eigenvalue weighted by molar-refractivity contribution is -0.132. The fraction of sp³-hybridized carbons (Fsp3) is 0.857. The summed E-state index contributed by atoms with van der Waals surface area (Å²) in [4.78, 5) is 25.5. The minimum Gasteiger partial charge on any atom is -0.353 e. The maximum absolute atomic E-state index is 11.9. The third kappa shape index (κ3) is 6.05. The topological polar surface area (TPSA) is 61.4 Å². The van der Waals surface area contributed by atoms with E-state index in [0.717, 1.165) is 25.9 Å². The number of nitrogens with zero attached hydrogens (tertiary/aromatic N) is 1. The summed E-state index contributed by atoms with van der Waals surface area (Å²) in [6, 6.07) is -0.108. The quantitative estimate of drug-likeness (QED) is 0.753. The zero-order valence-electron chi connectivity index (χ0n) is 12.4. The van der Waals surface area contributed by atoms with Crippen LogP contribution in [0.1, 0.15) is 46.5 Å². The molecule has 1 aliphatic heterocycles. The highest BCUT2D eigenvalue weighted by Gasteiger charge is 2.17. The monoisotopic (exact) mass is 269 g/mol. The van der Waals surface area contributed by atoms with Gasteiger partial charge in [-0.25, -0.2) is 0 Å². The van der Waals surface area contributed by atoms with Crippen molar-refractivity contribution >= 4 is 11.8 Å². The standard InChI is InChI=1S/C14H27N3O2/c1-11(2)16-14(19)12(3)15-8-7-13(18)17-9-5-4-6-10-17/h11-12,15H,4-10H2,1-3H3,(H,16,19). The molecule has 5 heteroatoms. The lowest BCUT2D eigenvalue weighted by Gasteiger charge is -2.27. The largest absolute Gasteiger partial charge is 0.353 e. The van der Waals surface area contributed by atoms with Crippen LogP contribution in [0.5, 0.6) is 0 Å². The smallest absolute Gasteiger partial charge is 0.237 e. The Hall–Kier alpha value is -1.10. The van der Waals surface area contributed by atoms with Gasteiger partial charge in [-0.15, -0.1) is 0 Å². The number of hydrogen-bond donors (Lipinski definition) is 2. The van der Waals surface area contributed by atoms with Crippen molar-refractivity contribution in [2.24, 2.45) is 0 Å². The van der Waals surface area contributed by atoms with Crippen LogP contribution in [0.3, 0.4) is 0 Å². The molecule has 1 atom stereocenters. The van der Waals surface area contributed by atoms with Gasteiger partial charge in [0.2, 0.25) is 11.8 Å². The van der Waals surface area contributed by atoms with Crippen molar-refractivity contribution in [3.05, 3.63) is 0 Å². The first-order chi connectivity index (χ1) is 9.00. The summed E-state index contributed by atoms with van der Waals surface area (Å²) in [7, 11) is 0. The van der Waals surface area contributed by atoms with Gasteiger partial charge >= 0.3 is 0 Å². The average molecular weight is 269 g/mol. The molecule has 110 valence electrons. The van der Waals surface area contributed by atoms with Crippen LogP contribution in [0.2, 0.25) is 0 Å². The average Bonchev–Trinajstić information content (AvgIpc) is 2.38. The molecule has 0 spiro atoms. The van der Waals surface area contributed by atoms with Gasteiger partial charge < -0.3 is 15.5 Å². The van der Waals surface area contributed by atoms with Crippen molar-refractivity contribution in [1.82, 2.24) is 15.5 Å². The molecule has 1 rings (SSSR count). The first kappa shape index (κ1) is 16.0. The molecule has 1 heterocycles. The molecular weight excluding hydrogens is 242 g/mol. The lowest BCUT2D eigenvalue weighted by Crippen LogP contribution is -2.45. The second-order valence-electron chi connectivity index (χ2n) is 5.53. The maximum atomic E-state index is 11.9. The molecule has 0 saturated carbocycles. The molecule has 0 aromatic rings. The van der Waals surface area contributed by atoms with Crippen molar-refractivity contribution in [3.8, 4) is 0 Å². The molecular formula is C14H27N3O2. The second-order valence-corrected chi connectivity index (χ2v) is 5.53. The Morgan fingerprint density at radius 1 is 1.11 bits per heavy atom. The Kier molecular flexibility index (Phi) is 6.84. The number of likely N-dealkylation sites (tertiary alicyclic amines) is 1. The number of hydrogen-bond acceptors (Lipinski definition) is 3. The molecule has 1 unspecified atom stereocenters. The highest BCUT2D eigenvalue weighted by Crippen LogP contribution is 2.09. The van der Waals surface area contributed by atoms with E-state index in [2.05, 4.69) is 10.6 Å². The van der Waals surface area contributed by atoms with Crippen molar-refractivity contribution in [2.45, 2.75) is 58.5 Å². The number of nitrogens with one attached hydrogen (secondary N) is 2. The van der Waals surface area contributed by atoms with Gasteiger partial charge in [0.25, 0.3) is 0 Å². The molecule has 5 nitrogen and oxygen atoms in total. The minimum atomic E-state index is -0.253. The molecule has 1 aliphatic rings. The van der Waals surface area contributed by atoms with Crippen molar-refractivity contribution in [2.75, 3.05) is 19.6 Å². The number of carbonyl (C=O) groups excluding carboxylic acids is 2. The van der Waals surface area contributed by atoms with E-state index in [4.69, 9.17) is 0 Å². The van der Waals surface area contributed by atoms with Crippen LogP contribution in [0.15, 0.2) is 0 Å². The number of piperidine rings is 1. The zero-order valence-corrected chi connectivity index (χ0v) is 12.4. The summed E-state index contributed by atoms with van der Waals surface area (Å²) in [5.41, 5.74) is 0. The molecule has 0 aromatic heterocycles. The van der Waals surface area contributed by atoms with Gasteiger partial charge in [-0.1, -0.05) is 0 Å². The van der Waals surface area contributed by atoms with Gasteiger partial charge in [-0.05, 0) is 40.0 Å². The SMILES string of the molecule is CC(C)NC(=O)C(C)NCCC(=O)N1CCCCC1. The molecule has 19 heavy (non-hydrogen) atoms. The number of amides is 2. The summed E-state index contributed by atoms with van der Waals surface area (Å²) < 4.78 is 0. The summed E-state index contributed by atoms with van der Waals surface area (Å²) in [6.07, 6.45) is 3.94. The van der Waals surface area contributed by atoms with Crippen LogP contribution in [0.25, 0.3) is 0 Å². The van der Waals surface area contributed by atoms with Crippen LogP contribution in [-0.4, -0.2) is 48.4 Å². The minimum absolute atomic E-state index is 0.0135. The molecule has 2 amide bonds. The van der Waals surface area contributed by atoms with Gasteiger partial charge in [-0.2, -0.15) is 0 Å². The second kappa shape index (κ2) is 8.15. The van der Waals surface area contributed by atoms with E-state index in [1.807, 2.05) is 25.7 Å². The third-order valence-corrected chi connectivity index (χ3v) is 3.32. The molecule has 0 radical (unpaired) electrons. The van der Waals surface area contributed by atoms with Gasteiger partial charge in [-0.3, -0.25) is 9.59 Å². The first-order valence-electron chi connectivity index (χ1n) is 7.32. The summed E-state index contributed by atoms with van der Waals surface area (Å²) in [6.45, 7) is 8.03. The van der Waals surface area contributed by atoms with Crippen LogP contribution in [0, 0.1) is 0 Å². The van der Waals surface area contributed by atoms with E-state index in [9.17, 15) is 9.59 Å². The van der Waals surface area contributed by atoms with E-state index >= 15 is 0 Å². The first-order valence-corrected chi connectivity index (χ1v) is 7.32. The van der Waals surface area contributed by atoms with Crippen molar-refractivity contribution < 1.29 is 9.59 Å². The Balaban J connectivity index is 2.18. The Labute approximate surface area is 116 Å². The Bertz CT molecular complexity index is 299. The van der Waals surface area contributed by atoms with Crippen LogP contribution in [-0.2, 0) is 9.59 Å². The normalized spacial score (nSPS) is 17.4. The van der Waals surface area contributed by atoms with Crippen LogP contribution >= 0.6 is 0 Å². The van der Waals surface area contributed by atoms with E-state index in [1.165, 1.54) is 6.42 Å². The summed E-state index contributed by atoms with van der Waals surface area (Å²) in [5.74, 6) is 0.184. The van der Waals surface area contributed by atoms with E-state index < -0.39 is 0 Å². The highest BCUT2D eigenvalue weighted by atomic mass is 16.2. The summed E-state index contributed by atoms with van der Waals surface area (Å²) in [5, 5.41) is 5.95. The summed E-state index contributed by atoms with van der Waals surface area (Å²) >= 11 is 0. The highest BCUT2D eigenvalue weighted by molar-refractivity contribution is 5.81. The predicted molar refractivity (Wildman–Crippen MR) is 75.8 cm³/mol. The lowest BCUT2D eigenvalue weighted by atomic mass is 10.1. The van der Waals surface area contributed by atoms with Gasteiger partial charge in [0.15, 0.2) is 0 Å². The van der Waals surface area contributed by atoms with Crippen LogP contribution in [0.4, 0.5) is 0 Å². The molecule has 1 fully saturated rings. The number of carbonyl (C=O) groups is 2. The fourth-order valence-electron chi connectivity index (χ4n) is 2.20. The van der Waals surface area contributed by atoms with Crippen LogP contribution < -0.4 is 10.6 Å². The predicted octanol–water partition coefficient (Wildman–Crippen LogP) is 0.892. The maximum Gasteiger partial charge on any atom is 0.237 e. The molecule has 0 aromatic carbocycles. The van der Waals surface area contributed by atoms with Gasteiger partial charge in [0.05, 0.1) is 6.04 Å². The van der Waals surface area contributed by atoms with E-state index in [-0.39, 0.29) is 23.9 Å². The van der Waals surface area contributed by atoms with E-state index in [0.29, 0.717) is 13.0 Å². The third-order valence-electron chi connectivity index (χ3n) is 3.32. The Morgan fingerprint density at radius 2 is 1.74 bits per heavy atom. The van der Waals surface area contributed by atoms with Gasteiger partial charge in [0, 0.05) is 32.1 Å². The molecule has 2 N–H and O–H groups in total. The number of rotatable bonds is 6. The van der Waals surface area contributed by atoms with E-state index in [1.54, 1.807) is 0 Å². The zero-order chi connectivity index (χ0) is 14.3. The molecule has 0 aliphatic carbocycles. The van der Waals surface area contributed by atoms with Gasteiger partial charge in [0.1, 0.15) is 0 Å². The Morgan fingerprint density at radius 3 is 2.32 bits per heavy atom. The molecule has 0 bridgehead atoms. The fourth-order valence-corrected chi connectivity index (χ4v) is 2.20. The van der Waals surface area contributed by atoms with Crippen molar-refractivity contribution in [1.29, 1.82) is 0 Å². The van der Waals surface area contributed by atoms with Crippen molar-refractivity contribution in [3.63, 3.8) is 0 Å². The molecule has 1 saturated heterocycles.